The lowest BCUT2D eigenvalue weighted by molar-refractivity contribution is -0.140. The van der Waals surface area contributed by atoms with Crippen LogP contribution < -0.4 is 19.1 Å². The van der Waals surface area contributed by atoms with E-state index in [-0.39, 0.29) is 44.5 Å². The lowest BCUT2D eigenvalue weighted by Crippen LogP contribution is -2.48. The maximum absolute atomic E-state index is 13.3. The van der Waals surface area contributed by atoms with Crippen LogP contribution in [0.3, 0.4) is 0 Å². The summed E-state index contributed by atoms with van der Waals surface area (Å²) in [5, 5.41) is 3.67. The van der Waals surface area contributed by atoms with Crippen LogP contribution in [-0.2, 0) is 26.2 Å². The number of benzene rings is 2. The van der Waals surface area contributed by atoms with Crippen LogP contribution in [0.15, 0.2) is 36.4 Å². The Kier molecular flexibility index (Phi) is 9.92. The van der Waals surface area contributed by atoms with Crippen LogP contribution in [0, 0.1) is 0 Å². The number of sulfonamides is 1. The molecule has 1 heterocycles. The highest BCUT2D eigenvalue weighted by molar-refractivity contribution is 7.92. The van der Waals surface area contributed by atoms with E-state index in [0.717, 1.165) is 12.7 Å². The van der Waals surface area contributed by atoms with Gasteiger partial charge in [0, 0.05) is 42.2 Å². The summed E-state index contributed by atoms with van der Waals surface area (Å²) in [7, 11) is -3.63. The van der Waals surface area contributed by atoms with Crippen molar-refractivity contribution >= 4 is 50.7 Å². The van der Waals surface area contributed by atoms with Crippen LogP contribution in [0.4, 0.5) is 5.69 Å². The summed E-state index contributed by atoms with van der Waals surface area (Å²) in [4.78, 5) is 27.5. The van der Waals surface area contributed by atoms with Crippen LogP contribution in [0.2, 0.25) is 10.0 Å². The number of rotatable bonds is 12. The first-order chi connectivity index (χ1) is 17.5. The Balaban J connectivity index is 1.74. The number of nitrogens with one attached hydrogen (secondary N) is 1. The SMILES string of the molecule is CCCNC(=O)C(C)N(Cc1ccc(Cl)cc1Cl)C(=O)CCCN(c1ccc2c(c1)OCO2)S(C)(=O)=O. The van der Waals surface area contributed by atoms with Gasteiger partial charge in [0.1, 0.15) is 6.04 Å². The summed E-state index contributed by atoms with van der Waals surface area (Å²) in [6.45, 7) is 4.33. The van der Waals surface area contributed by atoms with Gasteiger partial charge in [0.05, 0.1) is 11.9 Å². The molecule has 0 spiro atoms. The fourth-order valence-electron chi connectivity index (χ4n) is 3.86. The van der Waals surface area contributed by atoms with Crippen molar-refractivity contribution in [3.05, 3.63) is 52.0 Å². The third-order valence-corrected chi connectivity index (χ3v) is 7.65. The predicted molar refractivity (Wildman–Crippen MR) is 144 cm³/mol. The number of ether oxygens (including phenoxy) is 2. The third kappa shape index (κ3) is 7.66. The lowest BCUT2D eigenvalue weighted by atomic mass is 10.1. The first kappa shape index (κ1) is 28.9. The van der Waals surface area contributed by atoms with E-state index in [1.54, 1.807) is 43.3 Å². The van der Waals surface area contributed by atoms with E-state index in [4.69, 9.17) is 32.7 Å². The fourth-order valence-corrected chi connectivity index (χ4v) is 5.28. The number of carbonyl (C=O) groups is 2. The van der Waals surface area contributed by atoms with Gasteiger partial charge in [-0.05, 0) is 49.6 Å². The second-order valence-corrected chi connectivity index (χ2v) is 11.5. The second kappa shape index (κ2) is 12.7. The minimum absolute atomic E-state index is 0.0210. The van der Waals surface area contributed by atoms with E-state index in [1.165, 1.54) is 9.21 Å². The quantitative estimate of drug-likeness (QED) is 0.409. The van der Waals surface area contributed by atoms with Crippen LogP contribution in [-0.4, -0.2) is 57.3 Å². The number of halogens is 2. The highest BCUT2D eigenvalue weighted by Gasteiger charge is 2.27. The molecule has 1 aliphatic rings. The molecule has 0 radical (unpaired) electrons. The number of fused-ring (bicyclic) bond motifs is 1. The molecule has 202 valence electrons. The first-order valence-corrected chi connectivity index (χ1v) is 14.5. The molecule has 0 bridgehead atoms. The lowest BCUT2D eigenvalue weighted by Gasteiger charge is -2.29. The van der Waals surface area contributed by atoms with Gasteiger partial charge in [0.15, 0.2) is 11.5 Å². The summed E-state index contributed by atoms with van der Waals surface area (Å²) in [6.07, 6.45) is 2.12. The topological polar surface area (TPSA) is 105 Å². The van der Waals surface area contributed by atoms with Crippen molar-refractivity contribution in [2.24, 2.45) is 0 Å². The van der Waals surface area contributed by atoms with Crippen LogP contribution in [0.25, 0.3) is 0 Å². The highest BCUT2D eigenvalue weighted by atomic mass is 35.5. The number of nitrogens with zero attached hydrogens (tertiary/aromatic N) is 2. The maximum atomic E-state index is 13.3. The molecular formula is C25H31Cl2N3O6S. The Hall–Kier alpha value is -2.69. The van der Waals surface area contributed by atoms with Gasteiger partial charge in [0.2, 0.25) is 28.6 Å². The second-order valence-electron chi connectivity index (χ2n) is 8.70. The van der Waals surface area contributed by atoms with Crippen molar-refractivity contribution < 1.29 is 27.5 Å². The van der Waals surface area contributed by atoms with E-state index in [0.29, 0.717) is 39.3 Å². The summed E-state index contributed by atoms with van der Waals surface area (Å²) in [5.74, 6) is 0.419. The summed E-state index contributed by atoms with van der Waals surface area (Å²) in [5.41, 5.74) is 1.06. The Labute approximate surface area is 227 Å². The van der Waals surface area contributed by atoms with Gasteiger partial charge in [-0.15, -0.1) is 0 Å². The van der Waals surface area contributed by atoms with Gasteiger partial charge in [0.25, 0.3) is 0 Å². The Morgan fingerprint density at radius 1 is 1.11 bits per heavy atom. The summed E-state index contributed by atoms with van der Waals surface area (Å²) in [6, 6.07) is 9.08. The average molecular weight is 573 g/mol. The van der Waals surface area contributed by atoms with Gasteiger partial charge >= 0.3 is 0 Å². The van der Waals surface area contributed by atoms with Crippen molar-refractivity contribution in [2.45, 2.75) is 45.7 Å². The van der Waals surface area contributed by atoms with Gasteiger partial charge in [-0.1, -0.05) is 36.2 Å². The third-order valence-electron chi connectivity index (χ3n) is 5.87. The molecule has 2 amide bonds. The molecule has 0 fully saturated rings. The van der Waals surface area contributed by atoms with E-state index in [2.05, 4.69) is 5.32 Å². The molecule has 1 atom stereocenters. The van der Waals surface area contributed by atoms with Gasteiger partial charge < -0.3 is 19.7 Å². The number of amides is 2. The molecule has 2 aromatic carbocycles. The summed E-state index contributed by atoms with van der Waals surface area (Å²) < 4.78 is 36.9. The minimum Gasteiger partial charge on any atom is -0.454 e. The molecule has 9 nitrogen and oxygen atoms in total. The normalized spacial score (nSPS) is 13.2. The molecule has 12 heteroatoms. The number of anilines is 1. The van der Waals surface area contributed by atoms with Crippen molar-refractivity contribution in [2.75, 3.05) is 30.4 Å². The molecular weight excluding hydrogens is 541 g/mol. The molecule has 1 N–H and O–H groups in total. The molecule has 0 aliphatic carbocycles. The van der Waals surface area contributed by atoms with E-state index < -0.39 is 16.1 Å². The smallest absolute Gasteiger partial charge is 0.242 e. The Morgan fingerprint density at radius 3 is 2.51 bits per heavy atom. The summed E-state index contributed by atoms with van der Waals surface area (Å²) >= 11 is 12.3. The van der Waals surface area contributed by atoms with Gasteiger partial charge in [-0.25, -0.2) is 8.42 Å². The van der Waals surface area contributed by atoms with Gasteiger partial charge in [-0.3, -0.25) is 13.9 Å². The largest absolute Gasteiger partial charge is 0.454 e. The van der Waals surface area contributed by atoms with Crippen molar-refractivity contribution in [1.82, 2.24) is 10.2 Å². The van der Waals surface area contributed by atoms with Crippen LogP contribution in [0.5, 0.6) is 11.5 Å². The van der Waals surface area contributed by atoms with E-state index in [9.17, 15) is 18.0 Å². The Morgan fingerprint density at radius 2 is 1.84 bits per heavy atom. The molecule has 0 saturated carbocycles. The molecule has 0 aromatic heterocycles. The number of hydrogen-bond donors (Lipinski definition) is 1. The van der Waals surface area contributed by atoms with E-state index in [1.807, 2.05) is 6.92 Å². The molecule has 1 aliphatic heterocycles. The molecule has 2 aromatic rings. The van der Waals surface area contributed by atoms with Crippen molar-refractivity contribution in [1.29, 1.82) is 0 Å². The standard InChI is InChI=1S/C25H31Cl2N3O6S/c1-4-11-28-25(32)17(2)29(15-18-7-8-19(26)13-21(18)27)24(31)6-5-12-30(37(3,33)34)20-9-10-22-23(14-20)36-16-35-22/h7-10,13-14,17H,4-6,11-12,15-16H2,1-3H3,(H,28,32). The van der Waals surface area contributed by atoms with Crippen LogP contribution in [0.1, 0.15) is 38.7 Å². The van der Waals surface area contributed by atoms with Crippen molar-refractivity contribution in [3.63, 3.8) is 0 Å². The zero-order valence-electron chi connectivity index (χ0n) is 21.0. The maximum Gasteiger partial charge on any atom is 0.242 e. The first-order valence-electron chi connectivity index (χ1n) is 11.9. The van der Waals surface area contributed by atoms with Gasteiger partial charge in [-0.2, -0.15) is 0 Å². The minimum atomic E-state index is -3.63. The Bertz CT molecular complexity index is 1240. The predicted octanol–water partition coefficient (Wildman–Crippen LogP) is 4.21. The van der Waals surface area contributed by atoms with E-state index >= 15 is 0 Å². The molecule has 0 saturated heterocycles. The number of carbonyl (C=O) groups excluding carboxylic acids is 2. The fraction of sp³-hybridized carbons (Fsp3) is 0.440. The molecule has 3 rings (SSSR count). The van der Waals surface area contributed by atoms with Crippen molar-refractivity contribution in [3.8, 4) is 11.5 Å². The number of hydrogen-bond acceptors (Lipinski definition) is 6. The zero-order chi connectivity index (χ0) is 27.2. The van der Waals surface area contributed by atoms with Crippen LogP contribution >= 0.6 is 23.2 Å². The zero-order valence-corrected chi connectivity index (χ0v) is 23.3. The monoisotopic (exact) mass is 571 g/mol. The molecule has 1 unspecified atom stereocenters. The highest BCUT2D eigenvalue weighted by Crippen LogP contribution is 2.36. The average Bonchev–Trinajstić information content (AvgIpc) is 3.31. The molecule has 37 heavy (non-hydrogen) atoms.